The van der Waals surface area contributed by atoms with E-state index in [-0.39, 0.29) is 5.41 Å². The van der Waals surface area contributed by atoms with E-state index in [1.165, 1.54) is 12.8 Å². The molecule has 1 unspecified atom stereocenters. The van der Waals surface area contributed by atoms with Gasteiger partial charge in [0.2, 0.25) is 5.91 Å². The summed E-state index contributed by atoms with van der Waals surface area (Å²) < 4.78 is 0. The van der Waals surface area contributed by atoms with Crippen molar-refractivity contribution in [3.8, 4) is 0 Å². The van der Waals surface area contributed by atoms with Gasteiger partial charge in [-0.25, -0.2) is 4.79 Å². The number of hydrogen-bond donors (Lipinski definition) is 1. The Kier molecular flexibility index (Phi) is 3.98. The minimum absolute atomic E-state index is 0.263. The standard InChI is InChI=1S/C18H29N3O3/c1-13-2-3-16(22)21(13)14-5-8-19(9-6-14)15-4-7-18(10-15)11-20(12-18)17(23)24/h13-15H,2-12H2,1H3,(H,23,24)/t13-,15?/m1/s1. The lowest BCUT2D eigenvalue weighted by atomic mass is 9.78. The van der Waals surface area contributed by atoms with Gasteiger partial charge in [0.15, 0.2) is 0 Å². The predicted octanol–water partition coefficient (Wildman–Crippen LogP) is 1.99. The van der Waals surface area contributed by atoms with Gasteiger partial charge in [-0.1, -0.05) is 0 Å². The van der Waals surface area contributed by atoms with Crippen molar-refractivity contribution in [1.82, 2.24) is 14.7 Å². The van der Waals surface area contributed by atoms with Gasteiger partial charge in [-0.15, -0.1) is 0 Å². The largest absolute Gasteiger partial charge is 0.465 e. The molecule has 6 nitrogen and oxygen atoms in total. The predicted molar refractivity (Wildman–Crippen MR) is 89.8 cm³/mol. The molecule has 0 aromatic rings. The number of carbonyl (C=O) groups is 2. The Labute approximate surface area is 143 Å². The first kappa shape index (κ1) is 16.2. The van der Waals surface area contributed by atoms with E-state index in [1.807, 2.05) is 0 Å². The Morgan fingerprint density at radius 3 is 2.42 bits per heavy atom. The highest BCUT2D eigenvalue weighted by atomic mass is 16.4. The zero-order valence-corrected chi connectivity index (χ0v) is 14.6. The van der Waals surface area contributed by atoms with E-state index in [0.717, 1.165) is 58.3 Å². The molecule has 3 saturated heterocycles. The topological polar surface area (TPSA) is 64.1 Å². The molecule has 1 saturated carbocycles. The summed E-state index contributed by atoms with van der Waals surface area (Å²) in [5, 5.41) is 9.05. The quantitative estimate of drug-likeness (QED) is 0.838. The summed E-state index contributed by atoms with van der Waals surface area (Å²) in [6, 6.07) is 1.47. The Morgan fingerprint density at radius 1 is 1.12 bits per heavy atom. The normalized spacial score (nSPS) is 34.1. The van der Waals surface area contributed by atoms with Crippen LogP contribution in [-0.2, 0) is 4.79 Å². The van der Waals surface area contributed by atoms with E-state index in [9.17, 15) is 9.59 Å². The lowest BCUT2D eigenvalue weighted by Gasteiger charge is -2.47. The van der Waals surface area contributed by atoms with Crippen molar-refractivity contribution in [3.63, 3.8) is 0 Å². The van der Waals surface area contributed by atoms with Crippen LogP contribution in [0.1, 0.15) is 51.9 Å². The van der Waals surface area contributed by atoms with Crippen molar-refractivity contribution in [2.45, 2.75) is 70.0 Å². The molecule has 2 atom stereocenters. The van der Waals surface area contributed by atoms with Crippen LogP contribution in [0.2, 0.25) is 0 Å². The number of hydrogen-bond acceptors (Lipinski definition) is 3. The summed E-state index contributed by atoms with van der Waals surface area (Å²) in [5.41, 5.74) is 0.263. The number of carboxylic acid groups (broad SMARTS) is 1. The molecular formula is C18H29N3O3. The number of rotatable bonds is 2. The molecule has 1 aliphatic carbocycles. The van der Waals surface area contributed by atoms with E-state index in [1.54, 1.807) is 4.90 Å². The summed E-state index contributed by atoms with van der Waals surface area (Å²) >= 11 is 0. The van der Waals surface area contributed by atoms with Gasteiger partial charge in [0.25, 0.3) is 0 Å². The highest BCUT2D eigenvalue weighted by Gasteiger charge is 2.51. The third-order valence-corrected chi connectivity index (χ3v) is 6.95. The molecule has 4 aliphatic rings. The highest BCUT2D eigenvalue weighted by molar-refractivity contribution is 5.79. The molecule has 4 fully saturated rings. The maximum Gasteiger partial charge on any atom is 0.407 e. The van der Waals surface area contributed by atoms with Crippen molar-refractivity contribution < 1.29 is 14.7 Å². The van der Waals surface area contributed by atoms with Gasteiger partial charge >= 0.3 is 6.09 Å². The van der Waals surface area contributed by atoms with Crippen molar-refractivity contribution >= 4 is 12.0 Å². The maximum atomic E-state index is 12.1. The molecule has 0 aromatic heterocycles. The van der Waals surface area contributed by atoms with Gasteiger partial charge in [-0.3, -0.25) is 4.79 Å². The van der Waals surface area contributed by atoms with Crippen molar-refractivity contribution in [3.05, 3.63) is 0 Å². The molecule has 0 radical (unpaired) electrons. The second-order valence-corrected chi connectivity index (χ2v) is 8.49. The lowest BCUT2D eigenvalue weighted by Crippen LogP contribution is -2.57. The van der Waals surface area contributed by atoms with Crippen LogP contribution in [0.15, 0.2) is 0 Å². The summed E-state index contributed by atoms with van der Waals surface area (Å²) in [6.45, 7) is 5.82. The van der Waals surface area contributed by atoms with Crippen LogP contribution in [0.3, 0.4) is 0 Å². The Balaban J connectivity index is 1.28. The van der Waals surface area contributed by atoms with Crippen LogP contribution in [0.5, 0.6) is 0 Å². The molecular weight excluding hydrogens is 306 g/mol. The molecule has 3 aliphatic heterocycles. The molecule has 134 valence electrons. The van der Waals surface area contributed by atoms with Gasteiger partial charge in [0, 0.05) is 56.1 Å². The van der Waals surface area contributed by atoms with E-state index >= 15 is 0 Å². The van der Waals surface area contributed by atoms with Crippen LogP contribution in [0.4, 0.5) is 4.79 Å². The lowest BCUT2D eigenvalue weighted by molar-refractivity contribution is -0.132. The van der Waals surface area contributed by atoms with Crippen molar-refractivity contribution in [1.29, 1.82) is 0 Å². The summed E-state index contributed by atoms with van der Waals surface area (Å²) in [5.74, 6) is 0.351. The summed E-state index contributed by atoms with van der Waals surface area (Å²) in [6.07, 6.45) is 6.70. The second-order valence-electron chi connectivity index (χ2n) is 8.49. The van der Waals surface area contributed by atoms with E-state index in [0.29, 0.717) is 24.0 Å². The maximum absolute atomic E-state index is 12.1. The summed E-state index contributed by atoms with van der Waals surface area (Å²) in [4.78, 5) is 29.4. The smallest absolute Gasteiger partial charge is 0.407 e. The van der Waals surface area contributed by atoms with Gasteiger partial charge in [-0.2, -0.15) is 0 Å². The minimum atomic E-state index is -0.769. The Morgan fingerprint density at radius 2 is 1.83 bits per heavy atom. The van der Waals surface area contributed by atoms with Gasteiger partial charge in [0.05, 0.1) is 0 Å². The first-order chi connectivity index (χ1) is 11.5. The third kappa shape index (κ3) is 2.68. The highest BCUT2D eigenvalue weighted by Crippen LogP contribution is 2.47. The third-order valence-electron chi connectivity index (χ3n) is 6.95. The van der Waals surface area contributed by atoms with Crippen molar-refractivity contribution in [2.24, 2.45) is 5.41 Å². The number of likely N-dealkylation sites (tertiary alicyclic amines) is 3. The average molecular weight is 335 g/mol. The van der Waals surface area contributed by atoms with Gasteiger partial charge in [-0.05, 0) is 45.4 Å². The van der Waals surface area contributed by atoms with Gasteiger partial charge < -0.3 is 19.8 Å². The van der Waals surface area contributed by atoms with Gasteiger partial charge in [0.1, 0.15) is 0 Å². The molecule has 24 heavy (non-hydrogen) atoms. The monoisotopic (exact) mass is 335 g/mol. The first-order valence-electron chi connectivity index (χ1n) is 9.50. The Bertz CT molecular complexity index is 524. The van der Waals surface area contributed by atoms with E-state index in [4.69, 9.17) is 5.11 Å². The fourth-order valence-electron chi connectivity index (χ4n) is 5.61. The van der Waals surface area contributed by atoms with Crippen LogP contribution in [0, 0.1) is 5.41 Å². The first-order valence-corrected chi connectivity index (χ1v) is 9.50. The van der Waals surface area contributed by atoms with Crippen LogP contribution in [0.25, 0.3) is 0 Å². The molecule has 1 spiro atoms. The minimum Gasteiger partial charge on any atom is -0.465 e. The summed E-state index contributed by atoms with van der Waals surface area (Å²) in [7, 11) is 0. The molecule has 0 bridgehead atoms. The number of piperidine rings is 1. The van der Waals surface area contributed by atoms with Crippen LogP contribution < -0.4 is 0 Å². The SMILES string of the molecule is C[C@@H]1CCC(=O)N1C1CCN(C2CCC3(C2)CN(C(=O)O)C3)CC1. The zero-order chi connectivity index (χ0) is 16.9. The number of carbonyl (C=O) groups excluding carboxylic acids is 1. The zero-order valence-electron chi connectivity index (χ0n) is 14.6. The number of nitrogens with zero attached hydrogens (tertiary/aromatic N) is 3. The molecule has 1 N–H and O–H groups in total. The van der Waals surface area contributed by atoms with Crippen LogP contribution in [-0.4, -0.2) is 76.1 Å². The van der Waals surface area contributed by atoms with E-state index in [2.05, 4.69) is 16.7 Å². The second kappa shape index (κ2) is 5.90. The average Bonchev–Trinajstić information content (AvgIpc) is 3.10. The fourth-order valence-corrected chi connectivity index (χ4v) is 5.61. The molecule has 3 heterocycles. The molecule has 2 amide bonds. The van der Waals surface area contributed by atoms with Crippen LogP contribution >= 0.6 is 0 Å². The fraction of sp³-hybridized carbons (Fsp3) is 0.889. The molecule has 6 heteroatoms. The molecule has 0 aromatic carbocycles. The Hall–Kier alpha value is -1.30. The van der Waals surface area contributed by atoms with Crippen molar-refractivity contribution in [2.75, 3.05) is 26.2 Å². The molecule has 4 rings (SSSR count). The van der Waals surface area contributed by atoms with E-state index < -0.39 is 6.09 Å². The number of amides is 2.